The van der Waals surface area contributed by atoms with E-state index < -0.39 is 5.97 Å². The van der Waals surface area contributed by atoms with Crippen LogP contribution in [0.2, 0.25) is 5.02 Å². The summed E-state index contributed by atoms with van der Waals surface area (Å²) in [5.41, 5.74) is 1.62. The standard InChI is InChI=1S/C13H11ClN4O3/c14-9-2-1-8-5-12(19)18(11(8)6-9)4-3-17-7-10(13(20)21)15-16-17/h1-2,6-7H,3-5H2,(H,20,21). The van der Waals surface area contributed by atoms with E-state index in [1.54, 1.807) is 17.0 Å². The lowest BCUT2D eigenvalue weighted by Gasteiger charge is -2.17. The monoisotopic (exact) mass is 306 g/mol. The van der Waals surface area contributed by atoms with Crippen LogP contribution in [0, 0.1) is 0 Å². The van der Waals surface area contributed by atoms with Crippen molar-refractivity contribution in [2.45, 2.75) is 13.0 Å². The molecule has 0 fully saturated rings. The molecule has 0 saturated heterocycles. The van der Waals surface area contributed by atoms with Crippen LogP contribution in [0.15, 0.2) is 24.4 Å². The van der Waals surface area contributed by atoms with Gasteiger partial charge in [-0.3, -0.25) is 4.79 Å². The molecule has 7 nitrogen and oxygen atoms in total. The van der Waals surface area contributed by atoms with Crippen LogP contribution in [-0.2, 0) is 17.8 Å². The van der Waals surface area contributed by atoms with E-state index in [0.717, 1.165) is 11.3 Å². The number of hydrogen-bond acceptors (Lipinski definition) is 4. The van der Waals surface area contributed by atoms with E-state index in [9.17, 15) is 9.59 Å². The van der Waals surface area contributed by atoms with E-state index >= 15 is 0 Å². The normalized spacial score (nSPS) is 13.6. The number of hydrogen-bond donors (Lipinski definition) is 1. The highest BCUT2D eigenvalue weighted by atomic mass is 35.5. The van der Waals surface area contributed by atoms with Gasteiger partial charge in [0.15, 0.2) is 5.69 Å². The molecular weight excluding hydrogens is 296 g/mol. The largest absolute Gasteiger partial charge is 0.476 e. The quantitative estimate of drug-likeness (QED) is 0.917. The Bertz CT molecular complexity index is 728. The number of anilines is 1. The third-order valence-corrected chi connectivity index (χ3v) is 3.53. The van der Waals surface area contributed by atoms with Crippen molar-refractivity contribution in [3.63, 3.8) is 0 Å². The van der Waals surface area contributed by atoms with Gasteiger partial charge in [-0.15, -0.1) is 5.10 Å². The number of benzene rings is 1. The lowest BCUT2D eigenvalue weighted by Crippen LogP contribution is -2.30. The van der Waals surface area contributed by atoms with E-state index in [4.69, 9.17) is 16.7 Å². The van der Waals surface area contributed by atoms with Gasteiger partial charge in [-0.1, -0.05) is 22.9 Å². The van der Waals surface area contributed by atoms with Crippen molar-refractivity contribution in [3.05, 3.63) is 40.7 Å². The minimum Gasteiger partial charge on any atom is -0.476 e. The van der Waals surface area contributed by atoms with Crippen molar-refractivity contribution in [2.24, 2.45) is 0 Å². The molecule has 1 N–H and O–H groups in total. The van der Waals surface area contributed by atoms with Gasteiger partial charge in [-0.05, 0) is 17.7 Å². The van der Waals surface area contributed by atoms with Gasteiger partial charge in [-0.2, -0.15) is 0 Å². The van der Waals surface area contributed by atoms with Gasteiger partial charge in [0.25, 0.3) is 0 Å². The molecule has 8 heteroatoms. The van der Waals surface area contributed by atoms with Gasteiger partial charge in [0.1, 0.15) is 0 Å². The molecular formula is C13H11ClN4O3. The van der Waals surface area contributed by atoms with Gasteiger partial charge in [0.05, 0.1) is 19.2 Å². The summed E-state index contributed by atoms with van der Waals surface area (Å²) in [5.74, 6) is -1.14. The Morgan fingerprint density at radius 1 is 1.38 bits per heavy atom. The lowest BCUT2D eigenvalue weighted by atomic mass is 10.2. The summed E-state index contributed by atoms with van der Waals surface area (Å²) >= 11 is 5.96. The number of amides is 1. The first-order chi connectivity index (χ1) is 10.0. The highest BCUT2D eigenvalue weighted by Crippen LogP contribution is 2.31. The predicted molar refractivity (Wildman–Crippen MR) is 74.5 cm³/mol. The fourth-order valence-electron chi connectivity index (χ4n) is 2.28. The van der Waals surface area contributed by atoms with Crippen LogP contribution in [0.4, 0.5) is 5.69 Å². The van der Waals surface area contributed by atoms with Crippen LogP contribution in [0.3, 0.4) is 0 Å². The van der Waals surface area contributed by atoms with Gasteiger partial charge < -0.3 is 10.0 Å². The Balaban J connectivity index is 1.75. The van der Waals surface area contributed by atoms with Crippen molar-refractivity contribution < 1.29 is 14.7 Å². The van der Waals surface area contributed by atoms with Crippen LogP contribution in [-0.4, -0.2) is 38.5 Å². The summed E-state index contributed by atoms with van der Waals surface area (Å²) in [6.45, 7) is 0.743. The maximum absolute atomic E-state index is 12.0. The van der Waals surface area contributed by atoms with Gasteiger partial charge in [0, 0.05) is 17.3 Å². The number of halogens is 1. The first kappa shape index (κ1) is 13.6. The Kier molecular flexibility index (Phi) is 3.34. The van der Waals surface area contributed by atoms with Crippen molar-refractivity contribution >= 4 is 29.2 Å². The molecule has 1 aromatic heterocycles. The van der Waals surface area contributed by atoms with Crippen LogP contribution >= 0.6 is 11.6 Å². The number of aromatic carboxylic acids is 1. The summed E-state index contributed by atoms with van der Waals surface area (Å²) < 4.78 is 1.40. The number of fused-ring (bicyclic) bond motifs is 1. The van der Waals surface area contributed by atoms with Crippen LogP contribution < -0.4 is 4.90 Å². The summed E-state index contributed by atoms with van der Waals surface area (Å²) in [6.07, 6.45) is 1.69. The molecule has 2 heterocycles. The number of carbonyl (C=O) groups is 2. The molecule has 1 aromatic carbocycles. The molecule has 1 amide bonds. The molecule has 2 aromatic rings. The third-order valence-electron chi connectivity index (χ3n) is 3.29. The Morgan fingerprint density at radius 3 is 2.90 bits per heavy atom. The second-order valence-corrected chi connectivity index (χ2v) is 5.10. The average molecular weight is 307 g/mol. The second-order valence-electron chi connectivity index (χ2n) is 4.67. The number of carboxylic acid groups (broad SMARTS) is 1. The molecule has 0 bridgehead atoms. The first-order valence-corrected chi connectivity index (χ1v) is 6.64. The van der Waals surface area contributed by atoms with E-state index in [-0.39, 0.29) is 11.6 Å². The highest BCUT2D eigenvalue weighted by molar-refractivity contribution is 6.31. The SMILES string of the molecule is O=C(O)c1cn(CCN2C(=O)Cc3ccc(Cl)cc32)nn1. The number of carboxylic acids is 1. The molecule has 108 valence electrons. The third kappa shape index (κ3) is 2.59. The van der Waals surface area contributed by atoms with E-state index in [1.807, 2.05) is 6.07 Å². The summed E-state index contributed by atoms with van der Waals surface area (Å²) in [7, 11) is 0. The summed E-state index contributed by atoms with van der Waals surface area (Å²) in [4.78, 5) is 24.4. The average Bonchev–Trinajstić information content (AvgIpc) is 3.01. The molecule has 0 radical (unpaired) electrons. The zero-order valence-corrected chi connectivity index (χ0v) is 11.6. The number of aromatic nitrogens is 3. The Hall–Kier alpha value is -2.41. The van der Waals surface area contributed by atoms with Crippen LogP contribution in [0.1, 0.15) is 16.1 Å². The molecule has 0 atom stereocenters. The smallest absolute Gasteiger partial charge is 0.358 e. The number of rotatable bonds is 4. The molecule has 0 unspecified atom stereocenters. The summed E-state index contributed by atoms with van der Waals surface area (Å²) in [5, 5.41) is 16.6. The van der Waals surface area contributed by atoms with E-state index in [0.29, 0.717) is 24.5 Å². The highest BCUT2D eigenvalue weighted by Gasteiger charge is 2.27. The minimum atomic E-state index is -1.13. The fraction of sp³-hybridized carbons (Fsp3) is 0.231. The number of carbonyl (C=O) groups excluding carboxylic acids is 1. The second kappa shape index (κ2) is 5.17. The van der Waals surface area contributed by atoms with Crippen LogP contribution in [0.5, 0.6) is 0 Å². The molecule has 1 aliphatic rings. The van der Waals surface area contributed by atoms with E-state index in [1.165, 1.54) is 10.9 Å². The lowest BCUT2D eigenvalue weighted by molar-refractivity contribution is -0.117. The summed E-state index contributed by atoms with van der Waals surface area (Å²) in [6, 6.07) is 5.35. The fourth-order valence-corrected chi connectivity index (χ4v) is 2.45. The molecule has 0 aliphatic carbocycles. The number of nitrogens with zero attached hydrogens (tertiary/aromatic N) is 4. The van der Waals surface area contributed by atoms with Crippen molar-refractivity contribution in [1.82, 2.24) is 15.0 Å². The van der Waals surface area contributed by atoms with Crippen LogP contribution in [0.25, 0.3) is 0 Å². The maximum Gasteiger partial charge on any atom is 0.358 e. The van der Waals surface area contributed by atoms with Gasteiger partial charge in [-0.25, -0.2) is 9.48 Å². The molecule has 3 rings (SSSR count). The van der Waals surface area contributed by atoms with Crippen molar-refractivity contribution in [1.29, 1.82) is 0 Å². The maximum atomic E-state index is 12.0. The zero-order chi connectivity index (χ0) is 15.0. The van der Waals surface area contributed by atoms with Crippen molar-refractivity contribution in [3.8, 4) is 0 Å². The van der Waals surface area contributed by atoms with E-state index in [2.05, 4.69) is 10.3 Å². The zero-order valence-electron chi connectivity index (χ0n) is 10.9. The molecule has 0 saturated carbocycles. The topological polar surface area (TPSA) is 88.3 Å². The molecule has 0 spiro atoms. The minimum absolute atomic E-state index is 0.00848. The molecule has 21 heavy (non-hydrogen) atoms. The van der Waals surface area contributed by atoms with Gasteiger partial charge in [0.2, 0.25) is 5.91 Å². The predicted octanol–water partition coefficient (Wildman–Crippen LogP) is 1.22. The van der Waals surface area contributed by atoms with Crippen molar-refractivity contribution in [2.75, 3.05) is 11.4 Å². The molecule has 1 aliphatic heterocycles. The van der Waals surface area contributed by atoms with Gasteiger partial charge >= 0.3 is 5.97 Å². The first-order valence-electron chi connectivity index (χ1n) is 6.27. The Labute approximate surface area is 124 Å². The Morgan fingerprint density at radius 2 is 2.19 bits per heavy atom.